The van der Waals surface area contributed by atoms with Crippen LogP contribution in [0.25, 0.3) is 0 Å². The summed E-state index contributed by atoms with van der Waals surface area (Å²) in [4.78, 5) is 2.44. The molecule has 4 nitrogen and oxygen atoms in total. The van der Waals surface area contributed by atoms with E-state index in [0.29, 0.717) is 0 Å². The van der Waals surface area contributed by atoms with Crippen LogP contribution in [0.3, 0.4) is 0 Å². The highest BCUT2D eigenvalue weighted by molar-refractivity contribution is 5.53. The van der Waals surface area contributed by atoms with Crippen LogP contribution >= 0.6 is 0 Å². The lowest BCUT2D eigenvalue weighted by molar-refractivity contribution is 0.661. The predicted molar refractivity (Wildman–Crippen MR) is 86.5 cm³/mol. The number of nitrogens with two attached hydrogens (primary N) is 1. The van der Waals surface area contributed by atoms with Crippen molar-refractivity contribution in [2.75, 3.05) is 11.4 Å². The van der Waals surface area contributed by atoms with E-state index >= 15 is 0 Å². The fourth-order valence-corrected chi connectivity index (χ4v) is 3.32. The van der Waals surface area contributed by atoms with Gasteiger partial charge in [-0.2, -0.15) is 5.10 Å². The molecule has 0 aliphatic carbocycles. The summed E-state index contributed by atoms with van der Waals surface area (Å²) in [5.74, 6) is 1.24. The Morgan fingerprint density at radius 3 is 2.71 bits per heavy atom. The van der Waals surface area contributed by atoms with Gasteiger partial charge in [0.1, 0.15) is 5.82 Å². The van der Waals surface area contributed by atoms with E-state index in [1.54, 1.807) is 0 Å². The topological polar surface area (TPSA) is 47.1 Å². The van der Waals surface area contributed by atoms with Crippen molar-refractivity contribution in [1.29, 1.82) is 0 Å². The third-order valence-corrected chi connectivity index (χ3v) is 4.27. The Labute approximate surface area is 126 Å². The first kappa shape index (κ1) is 14.1. The molecular formula is C17H24N4. The summed E-state index contributed by atoms with van der Waals surface area (Å²) < 4.78 is 2.01. The van der Waals surface area contributed by atoms with Gasteiger partial charge in [0.15, 0.2) is 0 Å². The third-order valence-electron chi connectivity index (χ3n) is 4.27. The van der Waals surface area contributed by atoms with Gasteiger partial charge in [0.2, 0.25) is 0 Å². The van der Waals surface area contributed by atoms with Crippen molar-refractivity contribution in [3.05, 3.63) is 46.6 Å². The van der Waals surface area contributed by atoms with Gasteiger partial charge in [0.25, 0.3) is 0 Å². The van der Waals surface area contributed by atoms with E-state index in [1.165, 1.54) is 22.5 Å². The average Bonchev–Trinajstić information content (AvgIpc) is 2.72. The minimum atomic E-state index is 0.156. The van der Waals surface area contributed by atoms with Crippen LogP contribution in [0.2, 0.25) is 0 Å². The Morgan fingerprint density at radius 2 is 2.00 bits per heavy atom. The summed E-state index contributed by atoms with van der Waals surface area (Å²) in [5, 5.41) is 4.61. The van der Waals surface area contributed by atoms with E-state index in [1.807, 2.05) is 11.7 Å². The monoisotopic (exact) mass is 284 g/mol. The van der Waals surface area contributed by atoms with Crippen molar-refractivity contribution < 1.29 is 0 Å². The Kier molecular flexibility index (Phi) is 3.72. The molecule has 1 atom stereocenters. The van der Waals surface area contributed by atoms with E-state index in [-0.39, 0.29) is 6.04 Å². The summed E-state index contributed by atoms with van der Waals surface area (Å²) in [6.07, 6.45) is 1.98. The van der Waals surface area contributed by atoms with Crippen molar-refractivity contribution in [2.24, 2.45) is 12.8 Å². The lowest BCUT2D eigenvalue weighted by Gasteiger charge is -2.31. The minimum Gasteiger partial charge on any atom is -0.352 e. The highest BCUT2D eigenvalue weighted by Crippen LogP contribution is 2.29. The number of benzene rings is 1. The molecule has 0 spiro atoms. The van der Waals surface area contributed by atoms with Crippen LogP contribution in [-0.4, -0.2) is 22.4 Å². The minimum absolute atomic E-state index is 0.156. The SMILES string of the molecule is Cc1nn(C)c(N2CCc3ccccc3C2)c1CC(C)N. The van der Waals surface area contributed by atoms with Crippen molar-refractivity contribution in [2.45, 2.75) is 39.3 Å². The molecule has 0 radical (unpaired) electrons. The Hall–Kier alpha value is -1.81. The fraction of sp³-hybridized carbons (Fsp3) is 0.471. The Bertz CT molecular complexity index is 642. The molecule has 0 amide bonds. The van der Waals surface area contributed by atoms with Crippen molar-refractivity contribution in [3.63, 3.8) is 0 Å². The number of hydrogen-bond donors (Lipinski definition) is 1. The van der Waals surface area contributed by atoms with Crippen LogP contribution in [0.1, 0.15) is 29.3 Å². The highest BCUT2D eigenvalue weighted by atomic mass is 15.4. The summed E-state index contributed by atoms with van der Waals surface area (Å²) in [5.41, 5.74) is 11.3. The number of aryl methyl sites for hydroxylation is 2. The molecule has 2 aromatic rings. The first-order valence-corrected chi connectivity index (χ1v) is 7.66. The summed E-state index contributed by atoms with van der Waals surface area (Å²) in [6, 6.07) is 8.88. The van der Waals surface area contributed by atoms with Gasteiger partial charge in [0, 0.05) is 31.7 Å². The number of rotatable bonds is 3. The molecule has 1 aliphatic heterocycles. The molecule has 2 heterocycles. The van der Waals surface area contributed by atoms with Gasteiger partial charge in [0.05, 0.1) is 5.69 Å². The molecular weight excluding hydrogens is 260 g/mol. The number of nitrogens with zero attached hydrogens (tertiary/aromatic N) is 3. The standard InChI is InChI=1S/C17H24N4/c1-12(18)10-16-13(2)19-20(3)17(16)21-9-8-14-6-4-5-7-15(14)11-21/h4-7,12H,8-11,18H2,1-3H3. The van der Waals surface area contributed by atoms with Gasteiger partial charge in [-0.1, -0.05) is 24.3 Å². The predicted octanol–water partition coefficient (Wildman–Crippen LogP) is 2.18. The largest absolute Gasteiger partial charge is 0.352 e. The molecule has 0 bridgehead atoms. The number of fused-ring (bicyclic) bond motifs is 1. The van der Waals surface area contributed by atoms with Gasteiger partial charge in [-0.15, -0.1) is 0 Å². The van der Waals surface area contributed by atoms with E-state index in [0.717, 1.165) is 31.6 Å². The van der Waals surface area contributed by atoms with E-state index in [4.69, 9.17) is 5.73 Å². The van der Waals surface area contributed by atoms with Gasteiger partial charge < -0.3 is 10.6 Å². The van der Waals surface area contributed by atoms with Gasteiger partial charge in [-0.05, 0) is 37.8 Å². The Morgan fingerprint density at radius 1 is 1.29 bits per heavy atom. The second kappa shape index (κ2) is 5.53. The molecule has 112 valence electrons. The second-order valence-corrected chi connectivity index (χ2v) is 6.13. The highest BCUT2D eigenvalue weighted by Gasteiger charge is 2.23. The molecule has 1 unspecified atom stereocenters. The molecule has 21 heavy (non-hydrogen) atoms. The first-order chi connectivity index (χ1) is 10.1. The summed E-state index contributed by atoms with van der Waals surface area (Å²) >= 11 is 0. The van der Waals surface area contributed by atoms with Crippen LogP contribution in [-0.2, 0) is 26.4 Å². The van der Waals surface area contributed by atoms with Gasteiger partial charge >= 0.3 is 0 Å². The molecule has 2 N–H and O–H groups in total. The zero-order valence-electron chi connectivity index (χ0n) is 13.1. The summed E-state index contributed by atoms with van der Waals surface area (Å²) in [7, 11) is 2.04. The number of anilines is 1. The zero-order chi connectivity index (χ0) is 15.0. The molecule has 1 aromatic carbocycles. The molecule has 1 aromatic heterocycles. The zero-order valence-corrected chi connectivity index (χ0v) is 13.1. The lowest BCUT2D eigenvalue weighted by atomic mass is 9.99. The van der Waals surface area contributed by atoms with Gasteiger partial charge in [-0.25, -0.2) is 0 Å². The molecule has 0 saturated heterocycles. The van der Waals surface area contributed by atoms with Crippen LogP contribution in [0.5, 0.6) is 0 Å². The van der Waals surface area contributed by atoms with E-state index < -0.39 is 0 Å². The van der Waals surface area contributed by atoms with Crippen LogP contribution in [0, 0.1) is 6.92 Å². The fourth-order valence-electron chi connectivity index (χ4n) is 3.32. The molecule has 0 fully saturated rings. The first-order valence-electron chi connectivity index (χ1n) is 7.66. The molecule has 3 rings (SSSR count). The maximum Gasteiger partial charge on any atom is 0.130 e. The quantitative estimate of drug-likeness (QED) is 0.940. The maximum atomic E-state index is 6.02. The number of aromatic nitrogens is 2. The summed E-state index contributed by atoms with van der Waals surface area (Å²) in [6.45, 7) is 6.14. The van der Waals surface area contributed by atoms with Crippen LogP contribution in [0.4, 0.5) is 5.82 Å². The molecule has 0 saturated carbocycles. The third kappa shape index (κ3) is 2.68. The number of hydrogen-bond acceptors (Lipinski definition) is 3. The average molecular weight is 284 g/mol. The molecule has 1 aliphatic rings. The second-order valence-electron chi connectivity index (χ2n) is 6.13. The maximum absolute atomic E-state index is 6.02. The normalized spacial score (nSPS) is 15.9. The van der Waals surface area contributed by atoms with Gasteiger partial charge in [-0.3, -0.25) is 4.68 Å². The Balaban J connectivity index is 1.95. The van der Waals surface area contributed by atoms with E-state index in [2.05, 4.69) is 48.1 Å². The lowest BCUT2D eigenvalue weighted by Crippen LogP contribution is -2.33. The van der Waals surface area contributed by atoms with Crippen LogP contribution in [0.15, 0.2) is 24.3 Å². The van der Waals surface area contributed by atoms with Crippen LogP contribution < -0.4 is 10.6 Å². The smallest absolute Gasteiger partial charge is 0.130 e. The molecule has 4 heteroatoms. The van der Waals surface area contributed by atoms with Crippen molar-refractivity contribution in [1.82, 2.24) is 9.78 Å². The van der Waals surface area contributed by atoms with Crippen molar-refractivity contribution >= 4 is 5.82 Å². The van der Waals surface area contributed by atoms with E-state index in [9.17, 15) is 0 Å². The van der Waals surface area contributed by atoms with Crippen molar-refractivity contribution in [3.8, 4) is 0 Å².